The van der Waals surface area contributed by atoms with Crippen LogP contribution in [0.1, 0.15) is 32.8 Å². The molecule has 9 nitrogen and oxygen atoms in total. The molecule has 1 aromatic rings. The predicted octanol–water partition coefficient (Wildman–Crippen LogP) is 0.829. The third kappa shape index (κ3) is 6.56. The molecule has 0 aromatic heterocycles. The number of carbonyl (C=O) groups excluding carboxylic acids is 4. The molecular formula is C22H29N3O6. The minimum atomic E-state index is -1.11. The van der Waals surface area contributed by atoms with Crippen molar-refractivity contribution in [2.45, 2.75) is 51.8 Å². The molecule has 1 fully saturated rings. The quantitative estimate of drug-likeness (QED) is 0.469. The summed E-state index contributed by atoms with van der Waals surface area (Å²) in [5, 5.41) is 7.48. The molecule has 1 saturated heterocycles. The van der Waals surface area contributed by atoms with Crippen LogP contribution in [0.2, 0.25) is 0 Å². The number of hydrogen-bond acceptors (Lipinski definition) is 6. The van der Waals surface area contributed by atoms with Crippen molar-refractivity contribution in [1.29, 1.82) is 0 Å². The van der Waals surface area contributed by atoms with Crippen molar-refractivity contribution in [3.63, 3.8) is 0 Å². The smallest absolute Gasteiger partial charge is 0.329 e. The van der Waals surface area contributed by atoms with Gasteiger partial charge in [-0.25, -0.2) is 4.79 Å². The Balaban J connectivity index is 2.24. The first kappa shape index (κ1) is 23.9. The fraction of sp³-hybridized carbons (Fsp3) is 0.455. The first-order valence-corrected chi connectivity index (χ1v) is 10.1. The molecule has 3 atom stereocenters. The SMILES string of the molecule is C=C1NC(=O)C(CCc2ccc(OC)cc2)NC(=O)C(C(C)C)OC(=O)C(C)NC1=O. The van der Waals surface area contributed by atoms with Crippen molar-refractivity contribution >= 4 is 23.7 Å². The van der Waals surface area contributed by atoms with Gasteiger partial charge >= 0.3 is 5.97 Å². The number of carbonyl (C=O) groups is 4. The normalized spacial score (nSPS) is 23.1. The highest BCUT2D eigenvalue weighted by Gasteiger charge is 2.33. The van der Waals surface area contributed by atoms with Crippen LogP contribution in [-0.2, 0) is 30.3 Å². The van der Waals surface area contributed by atoms with Crippen LogP contribution in [0, 0.1) is 5.92 Å². The summed E-state index contributed by atoms with van der Waals surface area (Å²) in [4.78, 5) is 50.1. The van der Waals surface area contributed by atoms with Crippen LogP contribution in [0.4, 0.5) is 0 Å². The van der Waals surface area contributed by atoms with Crippen molar-refractivity contribution in [3.05, 3.63) is 42.1 Å². The number of aryl methyl sites for hydroxylation is 1. The minimum Gasteiger partial charge on any atom is -0.497 e. The lowest BCUT2D eigenvalue weighted by Crippen LogP contribution is -2.54. The Hall–Kier alpha value is -3.36. The third-order valence-corrected chi connectivity index (χ3v) is 4.87. The van der Waals surface area contributed by atoms with Crippen molar-refractivity contribution in [2.24, 2.45) is 5.92 Å². The van der Waals surface area contributed by atoms with Crippen molar-refractivity contribution in [3.8, 4) is 5.75 Å². The van der Waals surface area contributed by atoms with E-state index < -0.39 is 41.9 Å². The first-order chi connectivity index (χ1) is 14.6. The number of hydrogen-bond donors (Lipinski definition) is 3. The number of cyclic esters (lactones) is 1. The van der Waals surface area contributed by atoms with Crippen LogP contribution < -0.4 is 20.7 Å². The van der Waals surface area contributed by atoms with Gasteiger partial charge in [-0.15, -0.1) is 0 Å². The van der Waals surface area contributed by atoms with Gasteiger partial charge in [0.2, 0.25) is 5.91 Å². The standard InChI is InChI=1S/C22H29N3O6/c1-12(2)18-21(28)25-17(11-8-15-6-9-16(30-5)10-7-15)20(27)23-13(3)19(26)24-14(4)22(29)31-18/h6-7,9-10,12,14,17-18H,3,8,11H2,1-2,4-5H3,(H,23,27)(H,24,26)(H,25,28). The van der Waals surface area contributed by atoms with Gasteiger partial charge in [0.1, 0.15) is 17.8 Å². The summed E-state index contributed by atoms with van der Waals surface area (Å²) in [7, 11) is 1.57. The molecule has 31 heavy (non-hydrogen) atoms. The summed E-state index contributed by atoms with van der Waals surface area (Å²) in [6.45, 7) is 8.42. The number of nitrogens with one attached hydrogen (secondary N) is 3. The number of benzene rings is 1. The van der Waals surface area contributed by atoms with Crippen molar-refractivity contribution < 1.29 is 28.7 Å². The number of ether oxygens (including phenoxy) is 2. The molecule has 3 unspecified atom stereocenters. The summed E-state index contributed by atoms with van der Waals surface area (Å²) >= 11 is 0. The zero-order valence-electron chi connectivity index (χ0n) is 18.2. The summed E-state index contributed by atoms with van der Waals surface area (Å²) in [5.41, 5.74) is 0.709. The maximum absolute atomic E-state index is 12.8. The van der Waals surface area contributed by atoms with Crippen LogP contribution in [0.15, 0.2) is 36.5 Å². The Morgan fingerprint density at radius 3 is 2.29 bits per heavy atom. The van der Waals surface area contributed by atoms with E-state index in [-0.39, 0.29) is 18.0 Å². The largest absolute Gasteiger partial charge is 0.497 e. The molecule has 9 heteroatoms. The number of rotatable bonds is 5. The third-order valence-electron chi connectivity index (χ3n) is 4.87. The second kappa shape index (κ2) is 10.6. The average molecular weight is 431 g/mol. The molecular weight excluding hydrogens is 402 g/mol. The lowest BCUT2D eigenvalue weighted by molar-refractivity contribution is -0.161. The fourth-order valence-corrected chi connectivity index (χ4v) is 2.98. The molecule has 0 spiro atoms. The van der Waals surface area contributed by atoms with Gasteiger partial charge in [0.15, 0.2) is 6.10 Å². The topological polar surface area (TPSA) is 123 Å². The molecule has 1 aromatic carbocycles. The number of esters is 1. The molecule has 0 bridgehead atoms. The fourth-order valence-electron chi connectivity index (χ4n) is 2.98. The van der Waals surface area contributed by atoms with Gasteiger partial charge in [-0.1, -0.05) is 32.6 Å². The predicted molar refractivity (Wildman–Crippen MR) is 113 cm³/mol. The Kier molecular flexibility index (Phi) is 8.18. The van der Waals surface area contributed by atoms with Gasteiger partial charge in [0.05, 0.1) is 12.8 Å². The highest BCUT2D eigenvalue weighted by Crippen LogP contribution is 2.15. The highest BCUT2D eigenvalue weighted by molar-refractivity contribution is 6.01. The Bertz CT molecular complexity index is 849. The molecule has 3 amide bonds. The lowest BCUT2D eigenvalue weighted by Gasteiger charge is -2.27. The van der Waals surface area contributed by atoms with E-state index in [4.69, 9.17) is 9.47 Å². The van der Waals surface area contributed by atoms with Crippen molar-refractivity contribution in [2.75, 3.05) is 7.11 Å². The average Bonchev–Trinajstić information content (AvgIpc) is 2.73. The van der Waals surface area contributed by atoms with Crippen molar-refractivity contribution in [1.82, 2.24) is 16.0 Å². The van der Waals surface area contributed by atoms with Gasteiger partial charge in [0, 0.05) is 0 Å². The second-order valence-corrected chi connectivity index (χ2v) is 7.71. The van der Waals surface area contributed by atoms with Crippen LogP contribution in [-0.4, -0.2) is 49.0 Å². The second-order valence-electron chi connectivity index (χ2n) is 7.71. The lowest BCUT2D eigenvalue weighted by atomic mass is 10.0. The van der Waals surface area contributed by atoms with Gasteiger partial charge in [0.25, 0.3) is 11.8 Å². The summed E-state index contributed by atoms with van der Waals surface area (Å²) in [6, 6.07) is 5.35. The van der Waals surface area contributed by atoms with Gasteiger partial charge in [-0.3, -0.25) is 14.4 Å². The van der Waals surface area contributed by atoms with Crippen LogP contribution in [0.25, 0.3) is 0 Å². The zero-order chi connectivity index (χ0) is 23.1. The maximum Gasteiger partial charge on any atom is 0.329 e. The molecule has 0 saturated carbocycles. The van der Waals surface area contributed by atoms with Crippen LogP contribution >= 0.6 is 0 Å². The maximum atomic E-state index is 12.8. The van der Waals surface area contributed by atoms with E-state index in [0.29, 0.717) is 12.2 Å². The zero-order valence-corrected chi connectivity index (χ0v) is 18.2. The number of methoxy groups -OCH3 is 1. The molecule has 1 aliphatic rings. The van der Waals surface area contributed by atoms with E-state index in [9.17, 15) is 19.2 Å². The first-order valence-electron chi connectivity index (χ1n) is 10.1. The Morgan fingerprint density at radius 2 is 1.71 bits per heavy atom. The summed E-state index contributed by atoms with van der Waals surface area (Å²) in [6.07, 6.45) is -0.371. The Labute approximate surface area is 181 Å². The monoisotopic (exact) mass is 431 g/mol. The molecule has 0 radical (unpaired) electrons. The van der Waals surface area contributed by atoms with E-state index in [1.807, 2.05) is 12.1 Å². The summed E-state index contributed by atoms with van der Waals surface area (Å²) < 4.78 is 10.5. The molecule has 2 rings (SSSR count). The van der Waals surface area contributed by atoms with E-state index in [0.717, 1.165) is 5.56 Å². The van der Waals surface area contributed by atoms with E-state index in [1.54, 1.807) is 33.1 Å². The van der Waals surface area contributed by atoms with Gasteiger partial charge in [-0.2, -0.15) is 0 Å². The number of amides is 3. The van der Waals surface area contributed by atoms with Gasteiger partial charge < -0.3 is 25.4 Å². The molecule has 3 N–H and O–H groups in total. The molecule has 1 heterocycles. The van der Waals surface area contributed by atoms with Gasteiger partial charge in [-0.05, 0) is 43.4 Å². The summed E-state index contributed by atoms with van der Waals surface area (Å²) in [5.74, 6) is -2.25. The molecule has 0 aliphatic carbocycles. The highest BCUT2D eigenvalue weighted by atomic mass is 16.5. The minimum absolute atomic E-state index is 0.227. The molecule has 168 valence electrons. The van der Waals surface area contributed by atoms with Crippen LogP contribution in [0.5, 0.6) is 5.75 Å². The van der Waals surface area contributed by atoms with E-state index >= 15 is 0 Å². The van der Waals surface area contributed by atoms with Crippen LogP contribution in [0.3, 0.4) is 0 Å². The Morgan fingerprint density at radius 1 is 1.06 bits per heavy atom. The van der Waals surface area contributed by atoms with E-state index in [2.05, 4.69) is 22.5 Å². The molecule has 1 aliphatic heterocycles. The van der Waals surface area contributed by atoms with E-state index in [1.165, 1.54) is 6.92 Å².